The standard InChI is InChI=1S/C31H33NO5/c1-36-28-15-14-24-19-32(27(31(34)35)18-25(24)26(28)20-37-17-16-21-12-13-21)30(33)29(22-8-4-2-5-9-22)23-10-6-3-7-11-23/h2-11,14-15,21,27,29H,12-13,16-20H2,1H3,(H,34,35). The maximum Gasteiger partial charge on any atom is 0.326 e. The van der Waals surface area contributed by atoms with Crippen LogP contribution in [0.15, 0.2) is 72.8 Å². The van der Waals surface area contributed by atoms with E-state index in [1.54, 1.807) is 7.11 Å². The second-order valence-electron chi connectivity index (χ2n) is 9.95. The third-order valence-corrected chi connectivity index (χ3v) is 7.51. The molecule has 6 heteroatoms. The predicted octanol–water partition coefficient (Wildman–Crippen LogP) is 5.18. The summed E-state index contributed by atoms with van der Waals surface area (Å²) in [6.07, 6.45) is 3.83. The van der Waals surface area contributed by atoms with Gasteiger partial charge in [0.15, 0.2) is 0 Å². The van der Waals surface area contributed by atoms with Crippen molar-refractivity contribution in [2.75, 3.05) is 13.7 Å². The van der Waals surface area contributed by atoms with E-state index in [4.69, 9.17) is 9.47 Å². The van der Waals surface area contributed by atoms with Gasteiger partial charge >= 0.3 is 5.97 Å². The lowest BCUT2D eigenvalue weighted by Gasteiger charge is -2.38. The molecule has 3 aromatic carbocycles. The van der Waals surface area contributed by atoms with E-state index in [-0.39, 0.29) is 18.9 Å². The van der Waals surface area contributed by atoms with Crippen molar-refractivity contribution in [1.29, 1.82) is 0 Å². The Balaban J connectivity index is 1.47. The van der Waals surface area contributed by atoms with Gasteiger partial charge in [0.25, 0.3) is 0 Å². The molecule has 0 radical (unpaired) electrons. The Hall–Kier alpha value is -3.64. The van der Waals surface area contributed by atoms with Gasteiger partial charge < -0.3 is 19.5 Å². The van der Waals surface area contributed by atoms with Crippen LogP contribution in [0.4, 0.5) is 0 Å². The Morgan fingerprint density at radius 3 is 2.19 bits per heavy atom. The molecule has 1 N–H and O–H groups in total. The maximum atomic E-state index is 14.1. The highest BCUT2D eigenvalue weighted by atomic mass is 16.5. The Morgan fingerprint density at radius 2 is 1.62 bits per heavy atom. The molecule has 192 valence electrons. The van der Waals surface area contributed by atoms with Crippen molar-refractivity contribution in [3.05, 3.63) is 101 Å². The zero-order chi connectivity index (χ0) is 25.8. The van der Waals surface area contributed by atoms with E-state index in [9.17, 15) is 14.7 Å². The van der Waals surface area contributed by atoms with Crippen molar-refractivity contribution in [2.45, 2.75) is 50.8 Å². The molecular weight excluding hydrogens is 466 g/mol. The number of nitrogens with zero attached hydrogens (tertiary/aromatic N) is 1. The second kappa shape index (κ2) is 11.2. The normalized spacial score (nSPS) is 16.9. The highest BCUT2D eigenvalue weighted by Gasteiger charge is 2.39. The minimum absolute atomic E-state index is 0.214. The molecule has 6 nitrogen and oxygen atoms in total. The van der Waals surface area contributed by atoms with Gasteiger partial charge in [-0.2, -0.15) is 0 Å². The summed E-state index contributed by atoms with van der Waals surface area (Å²) >= 11 is 0. The molecule has 0 bridgehead atoms. The molecule has 1 saturated carbocycles. The Labute approximate surface area is 217 Å². The van der Waals surface area contributed by atoms with Crippen LogP contribution in [-0.4, -0.2) is 41.6 Å². The third kappa shape index (κ3) is 5.54. The van der Waals surface area contributed by atoms with E-state index in [0.717, 1.165) is 40.2 Å². The first-order chi connectivity index (χ1) is 18.1. The highest BCUT2D eigenvalue weighted by molar-refractivity contribution is 5.91. The summed E-state index contributed by atoms with van der Waals surface area (Å²) in [5, 5.41) is 10.2. The summed E-state index contributed by atoms with van der Waals surface area (Å²) < 4.78 is 11.6. The smallest absolute Gasteiger partial charge is 0.326 e. The molecule has 0 aromatic heterocycles. The summed E-state index contributed by atoms with van der Waals surface area (Å²) in [7, 11) is 1.62. The van der Waals surface area contributed by atoms with E-state index in [1.807, 2.05) is 72.8 Å². The van der Waals surface area contributed by atoms with Gasteiger partial charge in [-0.3, -0.25) is 4.79 Å². The number of benzene rings is 3. The predicted molar refractivity (Wildman–Crippen MR) is 140 cm³/mol. The van der Waals surface area contributed by atoms with Crippen LogP contribution < -0.4 is 4.74 Å². The number of fused-ring (bicyclic) bond motifs is 1. The second-order valence-corrected chi connectivity index (χ2v) is 9.95. The van der Waals surface area contributed by atoms with Crippen molar-refractivity contribution in [1.82, 2.24) is 4.90 Å². The molecule has 1 atom stereocenters. The van der Waals surface area contributed by atoms with Gasteiger partial charge in [-0.05, 0) is 40.7 Å². The molecule has 37 heavy (non-hydrogen) atoms. The zero-order valence-electron chi connectivity index (χ0n) is 21.1. The van der Waals surface area contributed by atoms with Crippen LogP contribution in [0.5, 0.6) is 5.75 Å². The molecule has 1 unspecified atom stereocenters. The van der Waals surface area contributed by atoms with Gasteiger partial charge in [-0.15, -0.1) is 0 Å². The molecule has 1 aliphatic carbocycles. The third-order valence-electron chi connectivity index (χ3n) is 7.51. The number of amides is 1. The van der Waals surface area contributed by atoms with Gasteiger partial charge in [-0.25, -0.2) is 4.79 Å². The number of ether oxygens (including phenoxy) is 2. The van der Waals surface area contributed by atoms with Crippen LogP contribution in [0, 0.1) is 5.92 Å². The summed E-state index contributed by atoms with van der Waals surface area (Å²) in [4.78, 5) is 28.2. The molecule has 0 spiro atoms. The monoisotopic (exact) mass is 499 g/mol. The summed E-state index contributed by atoms with van der Waals surface area (Å²) in [5.74, 6) is -0.338. The maximum absolute atomic E-state index is 14.1. The fourth-order valence-corrected chi connectivity index (χ4v) is 5.29. The largest absolute Gasteiger partial charge is 0.496 e. The van der Waals surface area contributed by atoms with E-state index >= 15 is 0 Å². The topological polar surface area (TPSA) is 76.1 Å². The van der Waals surface area contributed by atoms with Gasteiger partial charge in [0.2, 0.25) is 5.91 Å². The van der Waals surface area contributed by atoms with E-state index in [2.05, 4.69) is 0 Å². The van der Waals surface area contributed by atoms with Crippen LogP contribution in [0.1, 0.15) is 53.0 Å². The van der Waals surface area contributed by atoms with Crippen molar-refractivity contribution in [2.24, 2.45) is 5.92 Å². The Bertz CT molecular complexity index is 1200. The minimum atomic E-state index is -1.01. The first-order valence-corrected chi connectivity index (χ1v) is 13.0. The molecule has 1 aliphatic heterocycles. The number of carboxylic acid groups (broad SMARTS) is 1. The van der Waals surface area contributed by atoms with E-state index in [0.29, 0.717) is 19.0 Å². The lowest BCUT2D eigenvalue weighted by Crippen LogP contribution is -2.50. The van der Waals surface area contributed by atoms with Crippen molar-refractivity contribution >= 4 is 11.9 Å². The lowest BCUT2D eigenvalue weighted by molar-refractivity contribution is -0.151. The summed E-state index contributed by atoms with van der Waals surface area (Å²) in [6.45, 7) is 1.27. The highest BCUT2D eigenvalue weighted by Crippen LogP contribution is 2.36. The van der Waals surface area contributed by atoms with Crippen molar-refractivity contribution in [3.63, 3.8) is 0 Å². The molecule has 1 fully saturated rings. The number of hydrogen-bond acceptors (Lipinski definition) is 4. The van der Waals surface area contributed by atoms with E-state index < -0.39 is 17.9 Å². The van der Waals surface area contributed by atoms with Crippen LogP contribution in [-0.2, 0) is 33.9 Å². The summed E-state index contributed by atoms with van der Waals surface area (Å²) in [5.41, 5.74) is 4.42. The van der Waals surface area contributed by atoms with Crippen LogP contribution in [0.2, 0.25) is 0 Å². The van der Waals surface area contributed by atoms with Crippen LogP contribution >= 0.6 is 0 Å². The fourth-order valence-electron chi connectivity index (χ4n) is 5.29. The molecule has 5 rings (SSSR count). The molecule has 1 heterocycles. The van der Waals surface area contributed by atoms with Crippen molar-refractivity contribution < 1.29 is 24.2 Å². The summed E-state index contributed by atoms with van der Waals surface area (Å²) in [6, 6.07) is 22.0. The average molecular weight is 500 g/mol. The Morgan fingerprint density at radius 1 is 0.973 bits per heavy atom. The number of hydrogen-bond donors (Lipinski definition) is 1. The lowest BCUT2D eigenvalue weighted by atomic mass is 9.85. The molecule has 1 amide bonds. The van der Waals surface area contributed by atoms with Crippen LogP contribution in [0.3, 0.4) is 0 Å². The number of methoxy groups -OCH3 is 1. The number of carboxylic acids is 1. The van der Waals surface area contributed by atoms with Gasteiger partial charge in [0.1, 0.15) is 11.8 Å². The number of aliphatic carboxylic acids is 1. The number of carbonyl (C=O) groups excluding carboxylic acids is 1. The number of rotatable bonds is 10. The van der Waals surface area contributed by atoms with E-state index in [1.165, 1.54) is 17.7 Å². The van der Waals surface area contributed by atoms with Crippen LogP contribution in [0.25, 0.3) is 0 Å². The zero-order valence-corrected chi connectivity index (χ0v) is 21.1. The molecular formula is C31H33NO5. The van der Waals surface area contributed by atoms with Gasteiger partial charge in [0.05, 0.1) is 19.6 Å². The van der Waals surface area contributed by atoms with Gasteiger partial charge in [0, 0.05) is 25.1 Å². The quantitative estimate of drug-likeness (QED) is 0.389. The molecule has 3 aromatic rings. The fraction of sp³-hybridized carbons (Fsp3) is 0.355. The SMILES string of the molecule is COc1ccc2c(c1COCCC1CC1)CC(C(=O)O)N(C(=O)C(c1ccccc1)c1ccccc1)C2. The number of carbonyl (C=O) groups is 2. The molecule has 2 aliphatic rings. The minimum Gasteiger partial charge on any atom is -0.496 e. The average Bonchev–Trinajstić information content (AvgIpc) is 3.76. The Kier molecular flexibility index (Phi) is 7.56. The first kappa shape index (κ1) is 25.0. The van der Waals surface area contributed by atoms with Gasteiger partial charge in [-0.1, -0.05) is 79.6 Å². The first-order valence-electron chi connectivity index (χ1n) is 13.0. The van der Waals surface area contributed by atoms with Crippen molar-refractivity contribution in [3.8, 4) is 5.75 Å². The molecule has 0 saturated heterocycles.